The highest BCUT2D eigenvalue weighted by Gasteiger charge is 2.04. The Kier molecular flexibility index (Phi) is 3.62. The maximum atomic E-state index is 5.40. The second-order valence-corrected chi connectivity index (χ2v) is 3.86. The summed E-state index contributed by atoms with van der Waals surface area (Å²) in [6, 6.07) is 0. The predicted molar refractivity (Wildman–Crippen MR) is 53.3 cm³/mol. The molecule has 0 atom stereocenters. The lowest BCUT2D eigenvalue weighted by Gasteiger charge is -1.99. The van der Waals surface area contributed by atoms with Gasteiger partial charge in [-0.1, -0.05) is 0 Å². The lowest BCUT2D eigenvalue weighted by Crippen LogP contribution is -2.01. The van der Waals surface area contributed by atoms with E-state index in [2.05, 4.69) is 17.1 Å². The number of hydrogen-bond donors (Lipinski definition) is 2. The van der Waals surface area contributed by atoms with Crippen LogP contribution in [-0.2, 0) is 5.75 Å². The number of aromatic amines is 1. The van der Waals surface area contributed by atoms with Crippen molar-refractivity contribution in [3.63, 3.8) is 0 Å². The monoisotopic (exact) mass is 185 g/mol. The van der Waals surface area contributed by atoms with Gasteiger partial charge in [0.25, 0.3) is 0 Å². The molecular weight excluding hydrogens is 170 g/mol. The molecule has 0 saturated carbocycles. The van der Waals surface area contributed by atoms with Crippen LogP contribution in [0.2, 0.25) is 0 Å². The van der Waals surface area contributed by atoms with Crippen LogP contribution in [0.25, 0.3) is 0 Å². The van der Waals surface area contributed by atoms with Gasteiger partial charge >= 0.3 is 0 Å². The lowest BCUT2D eigenvalue weighted by atomic mass is 10.2. The van der Waals surface area contributed by atoms with Gasteiger partial charge in [0.05, 0.1) is 5.69 Å². The van der Waals surface area contributed by atoms with Gasteiger partial charge in [-0.15, -0.1) is 0 Å². The van der Waals surface area contributed by atoms with E-state index < -0.39 is 0 Å². The maximum Gasteiger partial charge on any atom is 0.0634 e. The molecule has 0 fully saturated rings. The Balaban J connectivity index is 2.50. The number of nitrogens with zero attached hydrogens (tertiary/aromatic N) is 1. The van der Waals surface area contributed by atoms with Crippen LogP contribution in [-0.4, -0.2) is 22.5 Å². The van der Waals surface area contributed by atoms with Crippen molar-refractivity contribution in [2.45, 2.75) is 19.6 Å². The largest absolute Gasteiger partial charge is 0.330 e. The van der Waals surface area contributed by atoms with Gasteiger partial charge in [0.15, 0.2) is 0 Å². The molecule has 68 valence electrons. The molecule has 0 saturated heterocycles. The van der Waals surface area contributed by atoms with Crippen LogP contribution >= 0.6 is 11.8 Å². The van der Waals surface area contributed by atoms with E-state index >= 15 is 0 Å². The molecular formula is C8H15N3S. The number of nitrogens with two attached hydrogens (primary N) is 1. The zero-order valence-corrected chi connectivity index (χ0v) is 8.37. The van der Waals surface area contributed by atoms with E-state index in [1.165, 1.54) is 11.3 Å². The molecule has 4 heteroatoms. The summed E-state index contributed by atoms with van der Waals surface area (Å²) in [7, 11) is 0. The summed E-state index contributed by atoms with van der Waals surface area (Å²) >= 11 is 1.85. The summed E-state index contributed by atoms with van der Waals surface area (Å²) in [4.78, 5) is 0. The van der Waals surface area contributed by atoms with E-state index in [0.29, 0.717) is 0 Å². The van der Waals surface area contributed by atoms with E-state index in [-0.39, 0.29) is 0 Å². The fourth-order valence-electron chi connectivity index (χ4n) is 1.04. The fourth-order valence-corrected chi connectivity index (χ4v) is 1.98. The third-order valence-electron chi connectivity index (χ3n) is 1.79. The predicted octanol–water partition coefficient (Wildman–Crippen LogP) is 1.22. The van der Waals surface area contributed by atoms with Crippen molar-refractivity contribution in [1.82, 2.24) is 10.2 Å². The van der Waals surface area contributed by atoms with Gasteiger partial charge < -0.3 is 5.73 Å². The summed E-state index contributed by atoms with van der Waals surface area (Å²) in [6.07, 6.45) is 0. The van der Waals surface area contributed by atoms with Crippen molar-refractivity contribution in [2.24, 2.45) is 5.73 Å². The molecule has 3 N–H and O–H groups in total. The molecule has 0 radical (unpaired) electrons. The molecule has 1 heterocycles. The molecule has 0 unspecified atom stereocenters. The minimum atomic E-state index is 0.751. The first-order chi connectivity index (χ1) is 5.75. The van der Waals surface area contributed by atoms with Gasteiger partial charge in [0.1, 0.15) is 0 Å². The quantitative estimate of drug-likeness (QED) is 0.693. The minimum Gasteiger partial charge on any atom is -0.330 e. The van der Waals surface area contributed by atoms with Gasteiger partial charge in [0, 0.05) is 29.3 Å². The Morgan fingerprint density at radius 3 is 2.75 bits per heavy atom. The molecule has 1 aromatic rings. The molecule has 0 amide bonds. The summed E-state index contributed by atoms with van der Waals surface area (Å²) < 4.78 is 0. The topological polar surface area (TPSA) is 54.7 Å². The number of nitrogens with one attached hydrogen (secondary N) is 1. The average molecular weight is 185 g/mol. The fraction of sp³-hybridized carbons (Fsp3) is 0.625. The Morgan fingerprint density at radius 1 is 1.50 bits per heavy atom. The van der Waals surface area contributed by atoms with E-state index in [1.54, 1.807) is 0 Å². The van der Waals surface area contributed by atoms with Crippen molar-refractivity contribution in [3.8, 4) is 0 Å². The number of thioether (sulfide) groups is 1. The normalized spacial score (nSPS) is 10.6. The van der Waals surface area contributed by atoms with Crippen molar-refractivity contribution in [2.75, 3.05) is 12.3 Å². The van der Waals surface area contributed by atoms with Gasteiger partial charge in [-0.05, 0) is 13.8 Å². The summed E-state index contributed by atoms with van der Waals surface area (Å²) in [5, 5.41) is 7.09. The summed E-state index contributed by atoms with van der Waals surface area (Å²) in [6.45, 7) is 4.83. The average Bonchev–Trinajstić information content (AvgIpc) is 2.35. The highest BCUT2D eigenvalue weighted by Crippen LogP contribution is 2.16. The van der Waals surface area contributed by atoms with Crippen molar-refractivity contribution < 1.29 is 0 Å². The molecule has 1 rings (SSSR count). The first kappa shape index (κ1) is 9.61. The lowest BCUT2D eigenvalue weighted by molar-refractivity contribution is 1.02. The van der Waals surface area contributed by atoms with Gasteiger partial charge in [-0.3, -0.25) is 5.10 Å². The van der Waals surface area contributed by atoms with Crippen LogP contribution < -0.4 is 5.73 Å². The standard InChI is InChI=1S/C8H15N3S/c1-6-8(5-12-4-3-9)7(2)11-10-6/h3-5,9H2,1-2H3,(H,10,11). The molecule has 0 aliphatic carbocycles. The van der Waals surface area contributed by atoms with Crippen LogP contribution in [0.5, 0.6) is 0 Å². The molecule has 0 bridgehead atoms. The maximum absolute atomic E-state index is 5.40. The summed E-state index contributed by atoms with van der Waals surface area (Å²) in [5.41, 5.74) is 9.01. The SMILES string of the molecule is Cc1n[nH]c(C)c1CSCCN. The summed E-state index contributed by atoms with van der Waals surface area (Å²) in [5.74, 6) is 2.04. The highest BCUT2D eigenvalue weighted by molar-refractivity contribution is 7.98. The van der Waals surface area contributed by atoms with Crippen LogP contribution in [0.1, 0.15) is 17.0 Å². The van der Waals surface area contributed by atoms with Crippen LogP contribution in [0.4, 0.5) is 0 Å². The van der Waals surface area contributed by atoms with E-state index in [1.807, 2.05) is 18.7 Å². The third kappa shape index (κ3) is 2.25. The third-order valence-corrected chi connectivity index (χ3v) is 2.81. The zero-order valence-electron chi connectivity index (χ0n) is 7.55. The van der Waals surface area contributed by atoms with Crippen molar-refractivity contribution in [1.29, 1.82) is 0 Å². The molecule has 0 aliphatic heterocycles. The second-order valence-electron chi connectivity index (χ2n) is 2.75. The van der Waals surface area contributed by atoms with Gasteiger partial charge in [0.2, 0.25) is 0 Å². The molecule has 0 aliphatic rings. The van der Waals surface area contributed by atoms with Crippen molar-refractivity contribution >= 4 is 11.8 Å². The number of hydrogen-bond acceptors (Lipinski definition) is 3. The minimum absolute atomic E-state index is 0.751. The van der Waals surface area contributed by atoms with Crippen LogP contribution in [0, 0.1) is 13.8 Å². The molecule has 1 aromatic heterocycles. The Hall–Kier alpha value is -0.480. The second kappa shape index (κ2) is 4.52. The van der Waals surface area contributed by atoms with Crippen LogP contribution in [0.3, 0.4) is 0 Å². The first-order valence-corrected chi connectivity index (χ1v) is 5.19. The number of rotatable bonds is 4. The Labute approximate surface area is 77.1 Å². The smallest absolute Gasteiger partial charge is 0.0634 e. The highest BCUT2D eigenvalue weighted by atomic mass is 32.2. The van der Waals surface area contributed by atoms with Crippen molar-refractivity contribution in [3.05, 3.63) is 17.0 Å². The van der Waals surface area contributed by atoms with E-state index in [4.69, 9.17) is 5.73 Å². The molecule has 12 heavy (non-hydrogen) atoms. The molecule has 0 spiro atoms. The first-order valence-electron chi connectivity index (χ1n) is 4.04. The van der Waals surface area contributed by atoms with E-state index in [0.717, 1.165) is 23.7 Å². The number of H-pyrrole nitrogens is 1. The Morgan fingerprint density at radius 2 is 2.25 bits per heavy atom. The molecule has 0 aromatic carbocycles. The van der Waals surface area contributed by atoms with Gasteiger partial charge in [-0.25, -0.2) is 0 Å². The zero-order chi connectivity index (χ0) is 8.97. The number of aromatic nitrogens is 2. The number of aryl methyl sites for hydroxylation is 2. The van der Waals surface area contributed by atoms with Crippen LogP contribution in [0.15, 0.2) is 0 Å². The Bertz CT molecular complexity index is 225. The van der Waals surface area contributed by atoms with E-state index in [9.17, 15) is 0 Å². The van der Waals surface area contributed by atoms with Gasteiger partial charge in [-0.2, -0.15) is 16.9 Å². The molecule has 3 nitrogen and oxygen atoms in total.